The molecule has 5 nitrogen and oxygen atoms in total. The lowest BCUT2D eigenvalue weighted by atomic mass is 9.95. The highest BCUT2D eigenvalue weighted by Gasteiger charge is 2.44. The fourth-order valence-corrected chi connectivity index (χ4v) is 4.09. The van der Waals surface area contributed by atoms with Crippen LogP contribution in [0.2, 0.25) is 0 Å². The van der Waals surface area contributed by atoms with Gasteiger partial charge in [-0.15, -0.1) is 0 Å². The van der Waals surface area contributed by atoms with E-state index in [0.29, 0.717) is 24.6 Å². The van der Waals surface area contributed by atoms with Gasteiger partial charge in [0.05, 0.1) is 6.54 Å². The number of rotatable bonds is 2. The van der Waals surface area contributed by atoms with Crippen LogP contribution in [0, 0.1) is 0 Å². The standard InChI is InChI=1S/C19H16N2O3S/c22-18-15-8-13-3-1-2-4-14(13)10-20(15)19(25)21(18)9-12-5-6-16-17(7-12)24-11-23-16/h1-7,15H,8-11H2/t15-/m0/s1. The Morgan fingerprint density at radius 2 is 1.88 bits per heavy atom. The Morgan fingerprint density at radius 3 is 2.76 bits per heavy atom. The molecule has 6 heteroatoms. The van der Waals surface area contributed by atoms with Crippen LogP contribution in [0.3, 0.4) is 0 Å². The van der Waals surface area contributed by atoms with Gasteiger partial charge in [0.1, 0.15) is 6.04 Å². The van der Waals surface area contributed by atoms with Crippen LogP contribution < -0.4 is 9.47 Å². The molecule has 25 heavy (non-hydrogen) atoms. The fourth-order valence-electron chi connectivity index (χ4n) is 3.74. The van der Waals surface area contributed by atoms with E-state index in [4.69, 9.17) is 21.7 Å². The quantitative estimate of drug-likeness (QED) is 0.777. The summed E-state index contributed by atoms with van der Waals surface area (Å²) in [6, 6.07) is 13.8. The van der Waals surface area contributed by atoms with Crippen molar-refractivity contribution in [3.63, 3.8) is 0 Å². The summed E-state index contributed by atoms with van der Waals surface area (Å²) in [5.74, 6) is 1.55. The average molecular weight is 352 g/mol. The Morgan fingerprint density at radius 1 is 1.08 bits per heavy atom. The highest BCUT2D eigenvalue weighted by atomic mass is 32.1. The zero-order valence-corrected chi connectivity index (χ0v) is 14.3. The summed E-state index contributed by atoms with van der Waals surface area (Å²) < 4.78 is 10.8. The zero-order chi connectivity index (χ0) is 17.0. The second-order valence-corrected chi connectivity index (χ2v) is 6.88. The van der Waals surface area contributed by atoms with Crippen LogP contribution >= 0.6 is 12.2 Å². The van der Waals surface area contributed by atoms with Crippen molar-refractivity contribution in [1.82, 2.24) is 9.80 Å². The number of amides is 1. The van der Waals surface area contributed by atoms with E-state index in [2.05, 4.69) is 12.1 Å². The lowest BCUT2D eigenvalue weighted by molar-refractivity contribution is -0.128. The maximum atomic E-state index is 12.9. The molecule has 1 saturated heterocycles. The van der Waals surface area contributed by atoms with Gasteiger partial charge in [0.15, 0.2) is 16.6 Å². The molecule has 0 aromatic heterocycles. The highest BCUT2D eigenvalue weighted by Crippen LogP contribution is 2.34. The minimum Gasteiger partial charge on any atom is -0.454 e. The highest BCUT2D eigenvalue weighted by molar-refractivity contribution is 7.80. The minimum atomic E-state index is -0.184. The molecule has 1 amide bonds. The van der Waals surface area contributed by atoms with Crippen molar-refractivity contribution in [2.24, 2.45) is 0 Å². The van der Waals surface area contributed by atoms with E-state index >= 15 is 0 Å². The Hall–Kier alpha value is -2.60. The predicted octanol–water partition coefficient (Wildman–Crippen LogP) is 2.47. The van der Waals surface area contributed by atoms with Gasteiger partial charge in [0, 0.05) is 13.0 Å². The number of carbonyl (C=O) groups excluding carboxylic acids is 1. The number of fused-ring (bicyclic) bond motifs is 3. The Bertz CT molecular complexity index is 855. The second kappa shape index (κ2) is 5.46. The van der Waals surface area contributed by atoms with Gasteiger partial charge >= 0.3 is 0 Å². The van der Waals surface area contributed by atoms with E-state index in [0.717, 1.165) is 17.1 Å². The number of ether oxygens (including phenoxy) is 2. The van der Waals surface area contributed by atoms with Gasteiger partial charge in [0.25, 0.3) is 5.91 Å². The normalized spacial score (nSPS) is 20.7. The summed E-state index contributed by atoms with van der Waals surface area (Å²) in [6.45, 7) is 1.40. The van der Waals surface area contributed by atoms with Crippen LogP contribution in [0.25, 0.3) is 0 Å². The Balaban J connectivity index is 1.41. The summed E-state index contributed by atoms with van der Waals surface area (Å²) in [7, 11) is 0. The smallest absolute Gasteiger partial charge is 0.252 e. The molecule has 3 aliphatic rings. The van der Waals surface area contributed by atoms with Crippen LogP contribution in [0.1, 0.15) is 16.7 Å². The third-order valence-corrected chi connectivity index (χ3v) is 5.51. The van der Waals surface area contributed by atoms with Crippen molar-refractivity contribution < 1.29 is 14.3 Å². The third-order valence-electron chi connectivity index (χ3n) is 5.05. The monoisotopic (exact) mass is 352 g/mol. The lowest BCUT2D eigenvalue weighted by Gasteiger charge is -2.30. The summed E-state index contributed by atoms with van der Waals surface area (Å²) in [4.78, 5) is 16.7. The van der Waals surface area contributed by atoms with Crippen molar-refractivity contribution >= 4 is 23.2 Å². The summed E-state index contributed by atoms with van der Waals surface area (Å²) in [5, 5.41) is 0.613. The van der Waals surface area contributed by atoms with E-state index in [1.165, 1.54) is 11.1 Å². The largest absolute Gasteiger partial charge is 0.454 e. The van der Waals surface area contributed by atoms with Crippen molar-refractivity contribution in [2.45, 2.75) is 25.6 Å². The molecule has 2 aromatic carbocycles. The van der Waals surface area contributed by atoms with Crippen LogP contribution in [-0.2, 0) is 24.3 Å². The molecule has 1 atom stereocenters. The molecule has 1 fully saturated rings. The summed E-state index contributed by atoms with van der Waals surface area (Å²) in [5.41, 5.74) is 3.47. The second-order valence-electron chi connectivity index (χ2n) is 6.51. The first kappa shape index (κ1) is 14.7. The average Bonchev–Trinajstić information content (AvgIpc) is 3.19. The summed E-state index contributed by atoms with van der Waals surface area (Å²) >= 11 is 5.62. The maximum absolute atomic E-state index is 12.9. The zero-order valence-electron chi connectivity index (χ0n) is 13.5. The van der Waals surface area contributed by atoms with Gasteiger partial charge in [-0.25, -0.2) is 0 Å². The molecule has 0 spiro atoms. The van der Waals surface area contributed by atoms with E-state index in [1.807, 2.05) is 35.2 Å². The molecule has 0 saturated carbocycles. The van der Waals surface area contributed by atoms with Crippen molar-refractivity contribution in [1.29, 1.82) is 0 Å². The number of hydrogen-bond donors (Lipinski definition) is 0. The SMILES string of the molecule is O=C1[C@@H]2Cc3ccccc3CN2C(=S)N1Cc1ccc2c(c1)OCO2. The van der Waals surface area contributed by atoms with Crippen LogP contribution in [0.15, 0.2) is 42.5 Å². The van der Waals surface area contributed by atoms with E-state index in [9.17, 15) is 4.79 Å². The van der Waals surface area contributed by atoms with E-state index in [1.54, 1.807) is 4.90 Å². The predicted molar refractivity (Wildman–Crippen MR) is 95.2 cm³/mol. The molecular weight excluding hydrogens is 336 g/mol. The van der Waals surface area contributed by atoms with Crippen LogP contribution in [0.4, 0.5) is 0 Å². The van der Waals surface area contributed by atoms with Gasteiger partial charge < -0.3 is 14.4 Å². The molecule has 5 rings (SSSR count). The fraction of sp³-hybridized carbons (Fsp3) is 0.263. The molecular formula is C19H16N2O3S. The summed E-state index contributed by atoms with van der Waals surface area (Å²) in [6.07, 6.45) is 0.715. The topological polar surface area (TPSA) is 42.0 Å². The number of benzene rings is 2. The maximum Gasteiger partial charge on any atom is 0.252 e. The molecule has 0 unspecified atom stereocenters. The minimum absolute atomic E-state index is 0.0807. The van der Waals surface area contributed by atoms with Gasteiger partial charge in [-0.1, -0.05) is 30.3 Å². The number of nitrogens with zero attached hydrogens (tertiary/aromatic N) is 2. The lowest BCUT2D eigenvalue weighted by Crippen LogP contribution is -2.39. The van der Waals surface area contributed by atoms with Crippen LogP contribution in [0.5, 0.6) is 11.5 Å². The molecule has 3 heterocycles. The van der Waals surface area contributed by atoms with Gasteiger partial charge in [0.2, 0.25) is 6.79 Å². The van der Waals surface area contributed by atoms with Crippen LogP contribution in [-0.4, -0.2) is 33.7 Å². The molecule has 3 aliphatic heterocycles. The molecule has 0 aliphatic carbocycles. The van der Waals surface area contributed by atoms with E-state index < -0.39 is 0 Å². The number of hydrogen-bond acceptors (Lipinski definition) is 4. The Kier molecular flexibility index (Phi) is 3.21. The van der Waals surface area contributed by atoms with Crippen molar-refractivity contribution in [3.05, 3.63) is 59.2 Å². The van der Waals surface area contributed by atoms with Crippen molar-refractivity contribution in [2.75, 3.05) is 6.79 Å². The first-order valence-electron chi connectivity index (χ1n) is 8.28. The van der Waals surface area contributed by atoms with Gasteiger partial charge in [-0.05, 0) is 41.0 Å². The van der Waals surface area contributed by atoms with Gasteiger partial charge in [-0.2, -0.15) is 0 Å². The molecule has 0 radical (unpaired) electrons. The van der Waals surface area contributed by atoms with E-state index in [-0.39, 0.29) is 18.7 Å². The first-order chi connectivity index (χ1) is 12.2. The Labute approximate surface area is 150 Å². The first-order valence-corrected chi connectivity index (χ1v) is 8.69. The molecule has 2 aromatic rings. The van der Waals surface area contributed by atoms with Crippen molar-refractivity contribution in [3.8, 4) is 11.5 Å². The third kappa shape index (κ3) is 2.28. The molecule has 0 bridgehead atoms. The molecule has 0 N–H and O–H groups in total. The number of thiocarbonyl (C=S) groups is 1. The van der Waals surface area contributed by atoms with Gasteiger partial charge in [-0.3, -0.25) is 9.69 Å². The molecule has 126 valence electrons. The number of carbonyl (C=O) groups is 1.